The molecule has 0 spiro atoms. The minimum atomic E-state index is -0.552. The fourth-order valence-electron chi connectivity index (χ4n) is 1.32. The summed E-state index contributed by atoms with van der Waals surface area (Å²) in [6.45, 7) is 0.454. The molecule has 2 N–H and O–H groups in total. The summed E-state index contributed by atoms with van der Waals surface area (Å²) in [6, 6.07) is -0.202. The molecule has 0 aliphatic rings. The van der Waals surface area contributed by atoms with Gasteiger partial charge in [-0.3, -0.25) is 4.98 Å². The summed E-state index contributed by atoms with van der Waals surface area (Å²) in [5, 5.41) is 12.2. The van der Waals surface area contributed by atoms with Gasteiger partial charge in [0.1, 0.15) is 5.82 Å². The predicted molar refractivity (Wildman–Crippen MR) is 64.4 cm³/mol. The van der Waals surface area contributed by atoms with Crippen LogP contribution < -0.4 is 5.32 Å². The SMILES string of the molecule is COCCC(CO)Nc1cncc(C(=O)OC)n1. The average molecular weight is 255 g/mol. The van der Waals surface area contributed by atoms with Gasteiger partial charge in [-0.25, -0.2) is 9.78 Å². The Morgan fingerprint density at radius 3 is 2.89 bits per heavy atom. The number of hydrogen-bond acceptors (Lipinski definition) is 7. The Hall–Kier alpha value is -1.73. The van der Waals surface area contributed by atoms with Crippen molar-refractivity contribution in [2.75, 3.05) is 32.8 Å². The molecule has 0 saturated heterocycles. The summed E-state index contributed by atoms with van der Waals surface area (Å²) in [7, 11) is 2.87. The molecular formula is C11H17N3O4. The molecule has 0 aliphatic carbocycles. The minimum Gasteiger partial charge on any atom is -0.464 e. The van der Waals surface area contributed by atoms with Crippen molar-refractivity contribution in [2.45, 2.75) is 12.5 Å². The van der Waals surface area contributed by atoms with E-state index in [-0.39, 0.29) is 18.3 Å². The number of rotatable bonds is 7. The topological polar surface area (TPSA) is 93.6 Å². The van der Waals surface area contributed by atoms with Crippen LogP contribution in [-0.4, -0.2) is 54.5 Å². The standard InChI is InChI=1S/C11H17N3O4/c1-17-4-3-8(7-15)13-10-6-12-5-9(14-10)11(16)18-2/h5-6,8,15H,3-4,7H2,1-2H3,(H,13,14). The van der Waals surface area contributed by atoms with E-state index in [1.54, 1.807) is 7.11 Å². The number of esters is 1. The van der Waals surface area contributed by atoms with Gasteiger partial charge in [-0.1, -0.05) is 0 Å². The van der Waals surface area contributed by atoms with E-state index in [4.69, 9.17) is 4.74 Å². The van der Waals surface area contributed by atoms with Crippen molar-refractivity contribution in [1.82, 2.24) is 9.97 Å². The van der Waals surface area contributed by atoms with E-state index < -0.39 is 5.97 Å². The lowest BCUT2D eigenvalue weighted by molar-refractivity contribution is 0.0593. The lowest BCUT2D eigenvalue weighted by Gasteiger charge is -2.16. The molecule has 1 atom stereocenters. The maximum Gasteiger partial charge on any atom is 0.358 e. The smallest absolute Gasteiger partial charge is 0.358 e. The Kier molecular flexibility index (Phi) is 6.03. The molecule has 7 heteroatoms. The number of hydrogen-bond donors (Lipinski definition) is 2. The van der Waals surface area contributed by atoms with Crippen LogP contribution in [0.1, 0.15) is 16.9 Å². The molecule has 1 rings (SSSR count). The third kappa shape index (κ3) is 4.27. The summed E-state index contributed by atoms with van der Waals surface area (Å²) >= 11 is 0. The van der Waals surface area contributed by atoms with E-state index in [1.807, 2.05) is 0 Å². The van der Waals surface area contributed by atoms with Crippen LogP contribution in [0.4, 0.5) is 5.82 Å². The Labute approximate surface area is 105 Å². The molecule has 0 bridgehead atoms. The monoisotopic (exact) mass is 255 g/mol. The van der Waals surface area contributed by atoms with E-state index in [2.05, 4.69) is 20.0 Å². The van der Waals surface area contributed by atoms with Crippen molar-refractivity contribution in [3.05, 3.63) is 18.1 Å². The van der Waals surface area contributed by atoms with Gasteiger partial charge in [-0.2, -0.15) is 0 Å². The number of methoxy groups -OCH3 is 2. The van der Waals surface area contributed by atoms with Gasteiger partial charge in [0.15, 0.2) is 5.69 Å². The van der Waals surface area contributed by atoms with Gasteiger partial charge in [0, 0.05) is 13.7 Å². The Morgan fingerprint density at radius 2 is 2.28 bits per heavy atom. The van der Waals surface area contributed by atoms with Crippen molar-refractivity contribution in [3.8, 4) is 0 Å². The van der Waals surface area contributed by atoms with Crippen LogP contribution in [0.2, 0.25) is 0 Å². The number of carbonyl (C=O) groups excluding carboxylic acids is 1. The number of aromatic nitrogens is 2. The van der Waals surface area contributed by atoms with Crippen molar-refractivity contribution in [2.24, 2.45) is 0 Å². The molecule has 100 valence electrons. The Morgan fingerprint density at radius 1 is 1.50 bits per heavy atom. The molecule has 0 amide bonds. The Balaban J connectivity index is 2.68. The molecule has 1 unspecified atom stereocenters. The van der Waals surface area contributed by atoms with Gasteiger partial charge in [0.2, 0.25) is 0 Å². The summed E-state index contributed by atoms with van der Waals surface area (Å²) < 4.78 is 9.48. The number of anilines is 1. The van der Waals surface area contributed by atoms with Crippen molar-refractivity contribution < 1.29 is 19.4 Å². The van der Waals surface area contributed by atoms with E-state index in [9.17, 15) is 9.90 Å². The quantitative estimate of drug-likeness (QED) is 0.666. The molecule has 0 saturated carbocycles. The van der Waals surface area contributed by atoms with Crippen LogP contribution in [0.5, 0.6) is 0 Å². The molecule has 18 heavy (non-hydrogen) atoms. The first-order chi connectivity index (χ1) is 8.71. The highest BCUT2D eigenvalue weighted by Gasteiger charge is 2.11. The first kappa shape index (κ1) is 14.3. The maximum atomic E-state index is 11.3. The van der Waals surface area contributed by atoms with E-state index in [1.165, 1.54) is 19.5 Å². The first-order valence-corrected chi connectivity index (χ1v) is 5.48. The van der Waals surface area contributed by atoms with E-state index in [0.717, 1.165) is 0 Å². The first-order valence-electron chi connectivity index (χ1n) is 5.48. The number of ether oxygens (including phenoxy) is 2. The second-order valence-electron chi connectivity index (χ2n) is 3.59. The maximum absolute atomic E-state index is 11.3. The number of aliphatic hydroxyl groups excluding tert-OH is 1. The number of carbonyl (C=O) groups is 1. The molecule has 0 radical (unpaired) electrons. The van der Waals surface area contributed by atoms with Crippen molar-refractivity contribution in [3.63, 3.8) is 0 Å². The fourth-order valence-corrected chi connectivity index (χ4v) is 1.32. The zero-order valence-electron chi connectivity index (χ0n) is 10.4. The van der Waals surface area contributed by atoms with Gasteiger partial charge in [-0.05, 0) is 6.42 Å². The highest BCUT2D eigenvalue weighted by Crippen LogP contribution is 2.07. The molecule has 1 aromatic rings. The summed E-state index contributed by atoms with van der Waals surface area (Å²) in [5.41, 5.74) is 0.117. The zero-order valence-corrected chi connectivity index (χ0v) is 10.4. The molecule has 1 heterocycles. The molecule has 0 aromatic carbocycles. The van der Waals surface area contributed by atoms with Crippen LogP contribution in [0.3, 0.4) is 0 Å². The van der Waals surface area contributed by atoms with Crippen LogP contribution in [0, 0.1) is 0 Å². The number of nitrogens with one attached hydrogen (secondary N) is 1. The lowest BCUT2D eigenvalue weighted by Crippen LogP contribution is -2.26. The number of nitrogens with zero attached hydrogens (tertiary/aromatic N) is 2. The van der Waals surface area contributed by atoms with Gasteiger partial charge in [-0.15, -0.1) is 0 Å². The summed E-state index contributed by atoms with van der Waals surface area (Å²) in [5.74, 6) is -0.142. The number of aliphatic hydroxyl groups is 1. The molecule has 0 aliphatic heterocycles. The van der Waals surface area contributed by atoms with Gasteiger partial charge in [0.25, 0.3) is 0 Å². The summed E-state index contributed by atoms with van der Waals surface area (Å²) in [4.78, 5) is 19.2. The van der Waals surface area contributed by atoms with Crippen LogP contribution in [0.15, 0.2) is 12.4 Å². The second kappa shape index (κ2) is 7.57. The predicted octanol–water partition coefficient (Wildman–Crippen LogP) is 0.0725. The fraction of sp³-hybridized carbons (Fsp3) is 0.545. The second-order valence-corrected chi connectivity index (χ2v) is 3.59. The molecule has 7 nitrogen and oxygen atoms in total. The van der Waals surface area contributed by atoms with E-state index in [0.29, 0.717) is 18.8 Å². The lowest BCUT2D eigenvalue weighted by atomic mass is 10.2. The minimum absolute atomic E-state index is 0.0620. The summed E-state index contributed by atoms with van der Waals surface area (Å²) in [6.07, 6.45) is 3.42. The van der Waals surface area contributed by atoms with Gasteiger partial charge in [0.05, 0.1) is 32.2 Å². The largest absolute Gasteiger partial charge is 0.464 e. The third-order valence-corrected chi connectivity index (χ3v) is 2.27. The highest BCUT2D eigenvalue weighted by atomic mass is 16.5. The molecule has 1 aromatic heterocycles. The van der Waals surface area contributed by atoms with Gasteiger partial charge < -0.3 is 19.9 Å². The van der Waals surface area contributed by atoms with Crippen LogP contribution >= 0.6 is 0 Å². The van der Waals surface area contributed by atoms with Gasteiger partial charge >= 0.3 is 5.97 Å². The van der Waals surface area contributed by atoms with Crippen molar-refractivity contribution >= 4 is 11.8 Å². The zero-order chi connectivity index (χ0) is 13.4. The third-order valence-electron chi connectivity index (χ3n) is 2.27. The normalized spacial score (nSPS) is 11.9. The van der Waals surface area contributed by atoms with Crippen LogP contribution in [-0.2, 0) is 9.47 Å². The van der Waals surface area contributed by atoms with Crippen LogP contribution in [0.25, 0.3) is 0 Å². The van der Waals surface area contributed by atoms with Crippen molar-refractivity contribution in [1.29, 1.82) is 0 Å². The molecule has 0 fully saturated rings. The molecular weight excluding hydrogens is 238 g/mol. The Bertz CT molecular complexity index is 386. The van der Waals surface area contributed by atoms with E-state index >= 15 is 0 Å². The average Bonchev–Trinajstić information content (AvgIpc) is 2.42. The highest BCUT2D eigenvalue weighted by molar-refractivity contribution is 5.87.